The molecule has 0 bridgehead atoms. The monoisotopic (exact) mass is 342 g/mol. The molecule has 25 heavy (non-hydrogen) atoms. The first-order valence-corrected chi connectivity index (χ1v) is 7.60. The number of amides is 2. The maximum absolute atomic E-state index is 13.1. The van der Waals surface area contributed by atoms with Gasteiger partial charge in [0.1, 0.15) is 11.6 Å². The number of carbonyl (C=O) groups excluding carboxylic acids is 2. The third-order valence-corrected chi connectivity index (χ3v) is 3.38. The van der Waals surface area contributed by atoms with E-state index in [0.717, 1.165) is 5.56 Å². The van der Waals surface area contributed by atoms with Crippen LogP contribution in [0.3, 0.4) is 0 Å². The Kier molecular flexibility index (Phi) is 6.28. The van der Waals surface area contributed by atoms with Gasteiger partial charge in [-0.3, -0.25) is 9.59 Å². The van der Waals surface area contributed by atoms with Crippen LogP contribution in [0.4, 0.5) is 10.1 Å². The summed E-state index contributed by atoms with van der Waals surface area (Å²) in [6, 6.07) is 12.8. The van der Waals surface area contributed by atoms with Crippen molar-refractivity contribution < 1.29 is 18.7 Å². The van der Waals surface area contributed by atoms with E-state index in [-0.39, 0.29) is 12.5 Å². The van der Waals surface area contributed by atoms with E-state index >= 15 is 0 Å². The largest absolute Gasteiger partial charge is 0.497 e. The highest BCUT2D eigenvalue weighted by atomic mass is 19.1. The third-order valence-electron chi connectivity index (χ3n) is 3.38. The number of hydrogen-bond donors (Lipinski definition) is 1. The lowest BCUT2D eigenvalue weighted by molar-refractivity contribution is -0.129. The zero-order valence-electron chi connectivity index (χ0n) is 14.0. The lowest BCUT2D eigenvalue weighted by Gasteiger charge is -2.14. The minimum Gasteiger partial charge on any atom is -0.497 e. The summed E-state index contributed by atoms with van der Waals surface area (Å²) in [5.41, 5.74) is 1.16. The Balaban J connectivity index is 1.90. The normalized spacial score (nSPS) is 10.5. The van der Waals surface area contributed by atoms with Gasteiger partial charge in [0.15, 0.2) is 0 Å². The third kappa shape index (κ3) is 5.76. The maximum atomic E-state index is 13.1. The summed E-state index contributed by atoms with van der Waals surface area (Å²) in [6.07, 6.45) is 3.02. The second kappa shape index (κ2) is 8.63. The first kappa shape index (κ1) is 18.2. The van der Waals surface area contributed by atoms with E-state index in [4.69, 9.17) is 4.74 Å². The summed E-state index contributed by atoms with van der Waals surface area (Å²) >= 11 is 0. The zero-order valence-corrected chi connectivity index (χ0v) is 14.0. The molecule has 2 aromatic carbocycles. The molecule has 2 amide bonds. The molecular weight excluding hydrogens is 323 g/mol. The van der Waals surface area contributed by atoms with Gasteiger partial charge in [-0.1, -0.05) is 18.2 Å². The summed E-state index contributed by atoms with van der Waals surface area (Å²) in [5.74, 6) is -0.477. The molecule has 1 N–H and O–H groups in total. The van der Waals surface area contributed by atoms with Gasteiger partial charge in [-0.2, -0.15) is 0 Å². The van der Waals surface area contributed by atoms with E-state index in [2.05, 4.69) is 5.32 Å². The van der Waals surface area contributed by atoms with Crippen molar-refractivity contribution in [3.63, 3.8) is 0 Å². The van der Waals surface area contributed by atoms with E-state index in [9.17, 15) is 14.0 Å². The van der Waals surface area contributed by atoms with Crippen LogP contribution in [0.15, 0.2) is 54.6 Å². The molecule has 0 saturated carbocycles. The standard InChI is InChI=1S/C19H19FN2O3/c1-22(13-18(23)21-16-7-4-6-15(20)12-16)19(24)10-9-14-5-3-8-17(11-14)25-2/h3-12H,13H2,1-2H3,(H,21,23)/b10-9+. The number of carbonyl (C=O) groups is 2. The van der Waals surface area contributed by atoms with Crippen LogP contribution in [-0.4, -0.2) is 37.4 Å². The Labute approximate surface area is 145 Å². The smallest absolute Gasteiger partial charge is 0.246 e. The Hall–Kier alpha value is -3.15. The molecule has 2 aromatic rings. The fourth-order valence-electron chi connectivity index (χ4n) is 2.10. The molecular formula is C19H19FN2O3. The lowest BCUT2D eigenvalue weighted by atomic mass is 10.2. The van der Waals surface area contributed by atoms with Gasteiger partial charge in [-0.15, -0.1) is 0 Å². The van der Waals surface area contributed by atoms with Crippen molar-refractivity contribution in [3.8, 4) is 5.75 Å². The number of nitrogens with zero attached hydrogens (tertiary/aromatic N) is 1. The highest BCUT2D eigenvalue weighted by Gasteiger charge is 2.11. The topological polar surface area (TPSA) is 58.6 Å². The second-order valence-electron chi connectivity index (χ2n) is 5.36. The maximum Gasteiger partial charge on any atom is 0.246 e. The fourth-order valence-corrected chi connectivity index (χ4v) is 2.10. The molecule has 0 heterocycles. The first-order chi connectivity index (χ1) is 12.0. The number of hydrogen-bond acceptors (Lipinski definition) is 3. The first-order valence-electron chi connectivity index (χ1n) is 7.60. The predicted octanol–water partition coefficient (Wildman–Crippen LogP) is 2.94. The number of ether oxygens (including phenoxy) is 1. The van der Waals surface area contributed by atoms with Crippen molar-refractivity contribution in [1.29, 1.82) is 0 Å². The van der Waals surface area contributed by atoms with Gasteiger partial charge in [0.25, 0.3) is 0 Å². The van der Waals surface area contributed by atoms with Gasteiger partial charge in [-0.05, 0) is 42.0 Å². The Bertz CT molecular complexity index is 790. The molecule has 0 aliphatic heterocycles. The average Bonchev–Trinajstić information content (AvgIpc) is 2.59. The molecule has 0 aromatic heterocycles. The molecule has 0 saturated heterocycles. The number of benzene rings is 2. The Morgan fingerprint density at radius 1 is 1.20 bits per heavy atom. The van der Waals surface area contributed by atoms with Crippen LogP contribution >= 0.6 is 0 Å². The molecule has 0 radical (unpaired) electrons. The molecule has 130 valence electrons. The van der Waals surface area contributed by atoms with E-state index in [1.165, 1.54) is 36.2 Å². The molecule has 5 nitrogen and oxygen atoms in total. The minimum atomic E-state index is -0.441. The average molecular weight is 342 g/mol. The van der Waals surface area contributed by atoms with Crippen LogP contribution in [0.25, 0.3) is 6.08 Å². The van der Waals surface area contributed by atoms with Crippen molar-refractivity contribution in [1.82, 2.24) is 4.90 Å². The van der Waals surface area contributed by atoms with Gasteiger partial charge in [-0.25, -0.2) is 4.39 Å². The van der Waals surface area contributed by atoms with Crippen LogP contribution in [0.1, 0.15) is 5.56 Å². The van der Waals surface area contributed by atoms with E-state index < -0.39 is 11.7 Å². The molecule has 0 atom stereocenters. The van der Waals surface area contributed by atoms with Gasteiger partial charge < -0.3 is 15.0 Å². The summed E-state index contributed by atoms with van der Waals surface area (Å²) in [4.78, 5) is 25.3. The molecule has 0 spiro atoms. The fraction of sp³-hybridized carbons (Fsp3) is 0.158. The van der Waals surface area contributed by atoms with Crippen LogP contribution in [0, 0.1) is 5.82 Å². The number of halogens is 1. The quantitative estimate of drug-likeness (QED) is 0.821. The highest BCUT2D eigenvalue weighted by molar-refractivity contribution is 5.97. The van der Waals surface area contributed by atoms with Gasteiger partial charge in [0.05, 0.1) is 13.7 Å². The van der Waals surface area contributed by atoms with Gasteiger partial charge in [0.2, 0.25) is 11.8 Å². The van der Waals surface area contributed by atoms with Crippen LogP contribution in [0.2, 0.25) is 0 Å². The van der Waals surface area contributed by atoms with E-state index in [1.807, 2.05) is 18.2 Å². The lowest BCUT2D eigenvalue weighted by Crippen LogP contribution is -2.33. The number of anilines is 1. The van der Waals surface area contributed by atoms with E-state index in [1.54, 1.807) is 25.3 Å². The molecule has 0 unspecified atom stereocenters. The highest BCUT2D eigenvalue weighted by Crippen LogP contribution is 2.13. The number of nitrogens with one attached hydrogen (secondary N) is 1. The van der Waals surface area contributed by atoms with Gasteiger partial charge in [0, 0.05) is 18.8 Å². The van der Waals surface area contributed by atoms with Crippen molar-refractivity contribution in [2.45, 2.75) is 0 Å². The molecule has 6 heteroatoms. The molecule has 0 fully saturated rings. The summed E-state index contributed by atoms with van der Waals surface area (Å²) in [6.45, 7) is -0.141. The minimum absolute atomic E-state index is 0.141. The summed E-state index contributed by atoms with van der Waals surface area (Å²) < 4.78 is 18.2. The summed E-state index contributed by atoms with van der Waals surface area (Å²) in [5, 5.41) is 2.54. The Morgan fingerprint density at radius 3 is 2.68 bits per heavy atom. The van der Waals surface area contributed by atoms with E-state index in [0.29, 0.717) is 11.4 Å². The van der Waals surface area contributed by atoms with Crippen LogP contribution < -0.4 is 10.1 Å². The summed E-state index contributed by atoms with van der Waals surface area (Å²) in [7, 11) is 3.09. The molecule has 0 aliphatic carbocycles. The van der Waals surface area contributed by atoms with Gasteiger partial charge >= 0.3 is 0 Å². The SMILES string of the molecule is COc1cccc(/C=C/C(=O)N(C)CC(=O)Nc2cccc(F)c2)c1. The second-order valence-corrected chi connectivity index (χ2v) is 5.36. The number of likely N-dealkylation sites (N-methyl/N-ethyl adjacent to an activating group) is 1. The molecule has 2 rings (SSSR count). The number of rotatable bonds is 6. The Morgan fingerprint density at radius 2 is 1.96 bits per heavy atom. The van der Waals surface area contributed by atoms with Crippen molar-refractivity contribution >= 4 is 23.6 Å². The number of methoxy groups -OCH3 is 1. The predicted molar refractivity (Wildman–Crippen MR) is 94.7 cm³/mol. The molecule has 0 aliphatic rings. The van der Waals surface area contributed by atoms with Crippen molar-refractivity contribution in [3.05, 3.63) is 66.0 Å². The van der Waals surface area contributed by atoms with Crippen molar-refractivity contribution in [2.75, 3.05) is 26.0 Å². The van der Waals surface area contributed by atoms with Crippen LogP contribution in [-0.2, 0) is 9.59 Å². The zero-order chi connectivity index (χ0) is 18.2. The van der Waals surface area contributed by atoms with Crippen molar-refractivity contribution in [2.24, 2.45) is 0 Å². The van der Waals surface area contributed by atoms with Crippen LogP contribution in [0.5, 0.6) is 5.75 Å².